The lowest BCUT2D eigenvalue weighted by molar-refractivity contribution is 0.154. The third-order valence-corrected chi connectivity index (χ3v) is 4.56. The number of piperidine rings is 1. The zero-order chi connectivity index (χ0) is 12.1. The Balaban J connectivity index is 1.98. The molecule has 1 N–H and O–H groups in total. The Morgan fingerprint density at radius 3 is 2.76 bits per heavy atom. The van der Waals surface area contributed by atoms with Crippen LogP contribution in [0.1, 0.15) is 36.6 Å². The molecule has 1 fully saturated rings. The summed E-state index contributed by atoms with van der Waals surface area (Å²) >= 11 is 1.87. The van der Waals surface area contributed by atoms with Crippen LogP contribution in [-0.2, 0) is 6.54 Å². The minimum atomic E-state index is 0.787. The van der Waals surface area contributed by atoms with Gasteiger partial charge in [-0.1, -0.05) is 6.92 Å². The lowest BCUT2D eigenvalue weighted by atomic mass is 10.0. The van der Waals surface area contributed by atoms with Crippen molar-refractivity contribution in [2.75, 3.05) is 19.6 Å². The number of aryl methyl sites for hydroxylation is 1. The molecule has 0 atom stereocenters. The van der Waals surface area contributed by atoms with Crippen molar-refractivity contribution in [2.24, 2.45) is 0 Å². The molecule has 2 nitrogen and oxygen atoms in total. The minimum absolute atomic E-state index is 0.787. The van der Waals surface area contributed by atoms with Gasteiger partial charge in [0.15, 0.2) is 0 Å². The molecular formula is C14H24N2S. The first-order valence-corrected chi connectivity index (χ1v) is 7.67. The molecule has 96 valence electrons. The van der Waals surface area contributed by atoms with E-state index in [9.17, 15) is 0 Å². The molecule has 0 aliphatic carbocycles. The fraction of sp³-hybridized carbons (Fsp3) is 0.714. The van der Waals surface area contributed by atoms with Gasteiger partial charge in [-0.05, 0) is 62.8 Å². The summed E-state index contributed by atoms with van der Waals surface area (Å²) in [5.74, 6) is 0. The van der Waals surface area contributed by atoms with E-state index in [1.165, 1.54) is 49.3 Å². The SMILES string of the molecule is CCCN(Cc1ccsc1C)C1CCNCC1. The number of nitrogens with zero attached hydrogens (tertiary/aromatic N) is 1. The highest BCUT2D eigenvalue weighted by molar-refractivity contribution is 7.10. The Hall–Kier alpha value is -0.380. The number of hydrogen-bond acceptors (Lipinski definition) is 3. The molecule has 2 heterocycles. The third-order valence-electron chi connectivity index (χ3n) is 3.68. The normalized spacial score (nSPS) is 17.8. The van der Waals surface area contributed by atoms with E-state index in [2.05, 4.69) is 35.5 Å². The van der Waals surface area contributed by atoms with Gasteiger partial charge in [0.1, 0.15) is 0 Å². The zero-order valence-electron chi connectivity index (χ0n) is 11.0. The Labute approximate surface area is 109 Å². The summed E-state index contributed by atoms with van der Waals surface area (Å²) in [5, 5.41) is 5.68. The van der Waals surface area contributed by atoms with Crippen molar-refractivity contribution >= 4 is 11.3 Å². The van der Waals surface area contributed by atoms with Crippen LogP contribution in [0.5, 0.6) is 0 Å². The average Bonchev–Trinajstić information content (AvgIpc) is 2.76. The van der Waals surface area contributed by atoms with Crippen LogP contribution in [0.4, 0.5) is 0 Å². The van der Waals surface area contributed by atoms with Gasteiger partial charge in [-0.25, -0.2) is 0 Å². The van der Waals surface area contributed by atoms with Gasteiger partial charge in [0.05, 0.1) is 0 Å². The van der Waals surface area contributed by atoms with Crippen molar-refractivity contribution in [2.45, 2.75) is 45.7 Å². The lowest BCUT2D eigenvalue weighted by Gasteiger charge is -2.34. The van der Waals surface area contributed by atoms with Crippen LogP contribution >= 0.6 is 11.3 Å². The molecule has 0 radical (unpaired) electrons. The predicted molar refractivity (Wildman–Crippen MR) is 75.6 cm³/mol. The van der Waals surface area contributed by atoms with Crippen molar-refractivity contribution in [1.82, 2.24) is 10.2 Å². The first kappa shape index (κ1) is 13.1. The molecule has 1 aromatic heterocycles. The van der Waals surface area contributed by atoms with Gasteiger partial charge < -0.3 is 5.32 Å². The monoisotopic (exact) mass is 252 g/mol. The Bertz CT molecular complexity index is 329. The van der Waals surface area contributed by atoms with Crippen LogP contribution in [0.3, 0.4) is 0 Å². The van der Waals surface area contributed by atoms with Crippen molar-refractivity contribution < 1.29 is 0 Å². The molecule has 0 bridgehead atoms. The fourth-order valence-corrected chi connectivity index (χ4v) is 3.36. The number of hydrogen-bond donors (Lipinski definition) is 1. The Morgan fingerprint density at radius 1 is 1.41 bits per heavy atom. The summed E-state index contributed by atoms with van der Waals surface area (Å²) < 4.78 is 0. The quantitative estimate of drug-likeness (QED) is 0.866. The highest BCUT2D eigenvalue weighted by Crippen LogP contribution is 2.21. The van der Waals surface area contributed by atoms with Gasteiger partial charge in [0, 0.05) is 17.5 Å². The summed E-state index contributed by atoms with van der Waals surface area (Å²) in [6.07, 6.45) is 3.87. The van der Waals surface area contributed by atoms with Crippen LogP contribution in [0, 0.1) is 6.92 Å². The smallest absolute Gasteiger partial charge is 0.0247 e. The van der Waals surface area contributed by atoms with Crippen molar-refractivity contribution in [3.8, 4) is 0 Å². The molecule has 1 aliphatic heterocycles. The second-order valence-corrected chi connectivity index (χ2v) is 6.07. The van der Waals surface area contributed by atoms with Crippen LogP contribution in [0.2, 0.25) is 0 Å². The van der Waals surface area contributed by atoms with E-state index >= 15 is 0 Å². The van der Waals surface area contributed by atoms with E-state index in [1.807, 2.05) is 11.3 Å². The molecule has 1 aromatic rings. The van der Waals surface area contributed by atoms with Crippen molar-refractivity contribution in [3.63, 3.8) is 0 Å². The maximum Gasteiger partial charge on any atom is 0.0247 e. The number of rotatable bonds is 5. The van der Waals surface area contributed by atoms with E-state index in [4.69, 9.17) is 0 Å². The molecule has 0 saturated carbocycles. The summed E-state index contributed by atoms with van der Waals surface area (Å²) in [5.41, 5.74) is 1.53. The van der Waals surface area contributed by atoms with Crippen LogP contribution in [0.25, 0.3) is 0 Å². The maximum atomic E-state index is 3.46. The fourth-order valence-electron chi connectivity index (χ4n) is 2.64. The van der Waals surface area contributed by atoms with E-state index in [0.717, 1.165) is 12.6 Å². The molecule has 0 amide bonds. The molecule has 1 saturated heterocycles. The summed E-state index contributed by atoms with van der Waals surface area (Å²) in [6.45, 7) is 9.29. The van der Waals surface area contributed by atoms with E-state index in [-0.39, 0.29) is 0 Å². The molecule has 1 aliphatic rings. The Morgan fingerprint density at radius 2 is 2.18 bits per heavy atom. The van der Waals surface area contributed by atoms with E-state index in [0.29, 0.717) is 0 Å². The first-order chi connectivity index (χ1) is 8.31. The van der Waals surface area contributed by atoms with Crippen molar-refractivity contribution in [1.29, 1.82) is 0 Å². The largest absolute Gasteiger partial charge is 0.317 e. The summed E-state index contributed by atoms with van der Waals surface area (Å²) in [4.78, 5) is 4.18. The number of thiophene rings is 1. The topological polar surface area (TPSA) is 15.3 Å². The van der Waals surface area contributed by atoms with Gasteiger partial charge in [-0.2, -0.15) is 0 Å². The molecule has 2 rings (SSSR count). The molecule has 17 heavy (non-hydrogen) atoms. The lowest BCUT2D eigenvalue weighted by Crippen LogP contribution is -2.43. The van der Waals surface area contributed by atoms with Gasteiger partial charge >= 0.3 is 0 Å². The maximum absolute atomic E-state index is 3.46. The second kappa shape index (κ2) is 6.53. The molecule has 0 aromatic carbocycles. The first-order valence-electron chi connectivity index (χ1n) is 6.79. The molecule has 0 unspecified atom stereocenters. The van der Waals surface area contributed by atoms with Gasteiger partial charge in [-0.3, -0.25) is 4.90 Å². The zero-order valence-corrected chi connectivity index (χ0v) is 11.9. The van der Waals surface area contributed by atoms with Crippen molar-refractivity contribution in [3.05, 3.63) is 21.9 Å². The molecule has 3 heteroatoms. The van der Waals surface area contributed by atoms with Gasteiger partial charge in [0.25, 0.3) is 0 Å². The van der Waals surface area contributed by atoms with Crippen LogP contribution in [0.15, 0.2) is 11.4 Å². The van der Waals surface area contributed by atoms with Gasteiger partial charge in [0.2, 0.25) is 0 Å². The summed E-state index contributed by atoms with van der Waals surface area (Å²) in [6, 6.07) is 3.08. The molecular weight excluding hydrogens is 228 g/mol. The minimum Gasteiger partial charge on any atom is -0.317 e. The third kappa shape index (κ3) is 3.54. The molecule has 0 spiro atoms. The summed E-state index contributed by atoms with van der Waals surface area (Å²) in [7, 11) is 0. The van der Waals surface area contributed by atoms with E-state index in [1.54, 1.807) is 0 Å². The van der Waals surface area contributed by atoms with Crippen LogP contribution < -0.4 is 5.32 Å². The average molecular weight is 252 g/mol. The van der Waals surface area contributed by atoms with Gasteiger partial charge in [-0.15, -0.1) is 11.3 Å². The van der Waals surface area contributed by atoms with E-state index < -0.39 is 0 Å². The standard InChI is InChI=1S/C14H24N2S/c1-3-9-16(14-4-7-15-8-5-14)11-13-6-10-17-12(13)2/h6,10,14-15H,3-5,7-9,11H2,1-2H3. The van der Waals surface area contributed by atoms with Crippen LogP contribution in [-0.4, -0.2) is 30.6 Å². The Kier molecular flexibility index (Phi) is 5.01. The highest BCUT2D eigenvalue weighted by atomic mass is 32.1. The number of nitrogens with one attached hydrogen (secondary N) is 1. The second-order valence-electron chi connectivity index (χ2n) is 4.95. The predicted octanol–water partition coefficient (Wildman–Crippen LogP) is 3.02. The highest BCUT2D eigenvalue weighted by Gasteiger charge is 2.20.